The van der Waals surface area contributed by atoms with E-state index in [4.69, 9.17) is 0 Å². The molecule has 0 heterocycles. The van der Waals surface area contributed by atoms with Crippen LogP contribution in [0.15, 0.2) is 71.6 Å². The lowest BCUT2D eigenvalue weighted by Crippen LogP contribution is -2.52. The van der Waals surface area contributed by atoms with Crippen LogP contribution in [0.25, 0.3) is 0 Å². The highest BCUT2D eigenvalue weighted by atomic mass is 32.2. The van der Waals surface area contributed by atoms with Crippen molar-refractivity contribution in [3.05, 3.63) is 94.5 Å². The topological polar surface area (TPSA) is 86.8 Å². The van der Waals surface area contributed by atoms with Crippen molar-refractivity contribution in [2.24, 2.45) is 5.92 Å². The minimum atomic E-state index is -4.10. The number of sulfonamides is 1. The molecule has 3 rings (SSSR count). The van der Waals surface area contributed by atoms with Crippen LogP contribution in [0.5, 0.6) is 0 Å². The number of aryl methyl sites for hydroxylation is 4. The van der Waals surface area contributed by atoms with E-state index in [9.17, 15) is 18.0 Å². The lowest BCUT2D eigenvalue weighted by atomic mass is 10.1. The molecule has 0 aliphatic carbocycles. The monoisotopic (exact) mass is 577 g/mol. The van der Waals surface area contributed by atoms with Crippen LogP contribution in [-0.4, -0.2) is 44.3 Å². The number of benzene rings is 3. The van der Waals surface area contributed by atoms with Crippen LogP contribution in [0, 0.1) is 33.6 Å². The number of rotatable bonds is 12. The van der Waals surface area contributed by atoms with Gasteiger partial charge < -0.3 is 10.2 Å². The summed E-state index contributed by atoms with van der Waals surface area (Å²) in [6, 6.07) is 19.0. The fourth-order valence-corrected chi connectivity index (χ4v) is 6.23. The average molecular weight is 578 g/mol. The van der Waals surface area contributed by atoms with E-state index in [2.05, 4.69) is 5.32 Å². The summed E-state index contributed by atoms with van der Waals surface area (Å²) in [6.07, 6.45) is 0.385. The molecule has 41 heavy (non-hydrogen) atoms. The van der Waals surface area contributed by atoms with Crippen LogP contribution in [0.3, 0.4) is 0 Å². The third-order valence-electron chi connectivity index (χ3n) is 7.18. The highest BCUT2D eigenvalue weighted by Gasteiger charge is 2.34. The maximum Gasteiger partial charge on any atom is 0.264 e. The SMILES string of the molecule is CC[C@@H](C(=O)NCC(C)C)N(Cc1ccccc1C)C(=O)CN(c1ccc(C)cc1C)S(=O)(=O)c1ccc(C)cc1. The van der Waals surface area contributed by atoms with E-state index in [0.29, 0.717) is 18.7 Å². The van der Waals surface area contributed by atoms with Gasteiger partial charge in [-0.3, -0.25) is 13.9 Å². The first kappa shape index (κ1) is 31.9. The molecule has 3 aromatic carbocycles. The van der Waals surface area contributed by atoms with Crippen molar-refractivity contribution >= 4 is 27.5 Å². The molecular formula is C33H43N3O4S. The van der Waals surface area contributed by atoms with Crippen molar-refractivity contribution in [1.82, 2.24) is 10.2 Å². The fourth-order valence-electron chi connectivity index (χ4n) is 4.75. The zero-order valence-electron chi connectivity index (χ0n) is 25.3. The Morgan fingerprint density at radius 3 is 2.07 bits per heavy atom. The van der Waals surface area contributed by atoms with Crippen molar-refractivity contribution in [2.45, 2.75) is 72.4 Å². The van der Waals surface area contributed by atoms with Gasteiger partial charge in [-0.2, -0.15) is 0 Å². The van der Waals surface area contributed by atoms with Crippen LogP contribution in [0.1, 0.15) is 55.0 Å². The van der Waals surface area contributed by atoms with E-state index in [1.165, 1.54) is 9.21 Å². The van der Waals surface area contributed by atoms with Crippen LogP contribution >= 0.6 is 0 Å². The van der Waals surface area contributed by atoms with Gasteiger partial charge in [-0.15, -0.1) is 0 Å². The molecule has 0 fully saturated rings. The summed E-state index contributed by atoms with van der Waals surface area (Å²) in [5.41, 5.74) is 4.97. The zero-order chi connectivity index (χ0) is 30.3. The number of carbonyl (C=O) groups excluding carboxylic acids is 2. The van der Waals surface area contributed by atoms with Crippen LogP contribution in [0.2, 0.25) is 0 Å². The molecule has 0 unspecified atom stereocenters. The van der Waals surface area contributed by atoms with E-state index in [0.717, 1.165) is 27.8 Å². The Bertz CT molecular complexity index is 1470. The molecule has 0 saturated heterocycles. The second kappa shape index (κ2) is 13.8. The minimum Gasteiger partial charge on any atom is -0.354 e. The molecule has 8 heteroatoms. The normalized spacial score (nSPS) is 12.2. The van der Waals surface area contributed by atoms with Crippen LogP contribution in [-0.2, 0) is 26.2 Å². The third-order valence-corrected chi connectivity index (χ3v) is 8.96. The van der Waals surface area contributed by atoms with Crippen molar-refractivity contribution in [1.29, 1.82) is 0 Å². The van der Waals surface area contributed by atoms with E-state index in [-0.39, 0.29) is 23.3 Å². The number of nitrogens with zero attached hydrogens (tertiary/aromatic N) is 2. The Hall–Kier alpha value is -3.65. The molecular weight excluding hydrogens is 534 g/mol. The molecule has 0 bridgehead atoms. The molecule has 1 N–H and O–H groups in total. The molecule has 2 amide bonds. The Labute approximate surface area is 245 Å². The molecule has 220 valence electrons. The Balaban J connectivity index is 2.09. The Morgan fingerprint density at radius 2 is 1.49 bits per heavy atom. The first-order chi connectivity index (χ1) is 19.3. The summed E-state index contributed by atoms with van der Waals surface area (Å²) in [5.74, 6) is -0.449. The second-order valence-electron chi connectivity index (χ2n) is 11.1. The molecule has 0 aromatic heterocycles. The van der Waals surface area contributed by atoms with Gasteiger partial charge in [0.05, 0.1) is 10.6 Å². The predicted molar refractivity (Wildman–Crippen MR) is 165 cm³/mol. The molecule has 3 aromatic rings. The molecule has 0 spiro atoms. The number of hydrogen-bond donors (Lipinski definition) is 1. The quantitative estimate of drug-likeness (QED) is 0.299. The maximum atomic E-state index is 14.2. The molecule has 0 saturated carbocycles. The average Bonchev–Trinajstić information content (AvgIpc) is 2.92. The smallest absolute Gasteiger partial charge is 0.264 e. The lowest BCUT2D eigenvalue weighted by molar-refractivity contribution is -0.140. The standard InChI is InChI=1S/C33H43N3O4S/c1-8-30(33(38)34-20-23(2)3)35(21-28-12-10-9-11-26(28)6)32(37)22-36(31-18-15-25(5)19-27(31)7)41(39,40)29-16-13-24(4)14-17-29/h9-19,23,30H,8,20-22H2,1-7H3,(H,34,38)/t30-/m0/s1. The molecule has 0 aliphatic heterocycles. The highest BCUT2D eigenvalue weighted by Crippen LogP contribution is 2.28. The van der Waals surface area contributed by atoms with Gasteiger partial charge in [-0.05, 0) is 74.9 Å². The summed E-state index contributed by atoms with van der Waals surface area (Å²) >= 11 is 0. The largest absolute Gasteiger partial charge is 0.354 e. The summed E-state index contributed by atoms with van der Waals surface area (Å²) < 4.78 is 29.3. The van der Waals surface area contributed by atoms with Crippen molar-refractivity contribution in [3.63, 3.8) is 0 Å². The molecule has 0 aliphatic rings. The summed E-state index contributed by atoms with van der Waals surface area (Å²) in [7, 11) is -4.10. The van der Waals surface area contributed by atoms with Gasteiger partial charge >= 0.3 is 0 Å². The lowest BCUT2D eigenvalue weighted by Gasteiger charge is -2.34. The van der Waals surface area contributed by atoms with Gasteiger partial charge in [0.2, 0.25) is 11.8 Å². The minimum absolute atomic E-state index is 0.100. The molecule has 1 atom stereocenters. The Morgan fingerprint density at radius 1 is 0.854 bits per heavy atom. The van der Waals surface area contributed by atoms with Gasteiger partial charge in [0.1, 0.15) is 12.6 Å². The Kier molecular flexibility index (Phi) is 10.7. The molecule has 0 radical (unpaired) electrons. The highest BCUT2D eigenvalue weighted by molar-refractivity contribution is 7.92. The van der Waals surface area contributed by atoms with E-state index >= 15 is 0 Å². The number of anilines is 1. The van der Waals surface area contributed by atoms with E-state index < -0.39 is 28.5 Å². The first-order valence-corrected chi connectivity index (χ1v) is 15.6. The summed E-state index contributed by atoms with van der Waals surface area (Å²) in [6.45, 7) is 13.7. The van der Waals surface area contributed by atoms with Gasteiger partial charge in [0.15, 0.2) is 0 Å². The summed E-state index contributed by atoms with van der Waals surface area (Å²) in [5, 5.41) is 2.97. The third kappa shape index (κ3) is 7.97. The van der Waals surface area contributed by atoms with E-state index in [1.807, 2.05) is 84.9 Å². The number of amides is 2. The van der Waals surface area contributed by atoms with Gasteiger partial charge in [-0.1, -0.05) is 80.4 Å². The maximum absolute atomic E-state index is 14.2. The molecule has 7 nitrogen and oxygen atoms in total. The van der Waals surface area contributed by atoms with E-state index in [1.54, 1.807) is 30.3 Å². The van der Waals surface area contributed by atoms with Gasteiger partial charge in [-0.25, -0.2) is 8.42 Å². The van der Waals surface area contributed by atoms with Crippen molar-refractivity contribution in [3.8, 4) is 0 Å². The second-order valence-corrected chi connectivity index (χ2v) is 13.0. The van der Waals surface area contributed by atoms with Crippen molar-refractivity contribution < 1.29 is 18.0 Å². The van der Waals surface area contributed by atoms with Crippen molar-refractivity contribution in [2.75, 3.05) is 17.4 Å². The van der Waals surface area contributed by atoms with Gasteiger partial charge in [0.25, 0.3) is 10.0 Å². The predicted octanol–water partition coefficient (Wildman–Crippen LogP) is 5.70. The zero-order valence-corrected chi connectivity index (χ0v) is 26.1. The number of hydrogen-bond acceptors (Lipinski definition) is 4. The summed E-state index contributed by atoms with van der Waals surface area (Å²) in [4.78, 5) is 29.2. The van der Waals surface area contributed by atoms with Crippen LogP contribution in [0.4, 0.5) is 5.69 Å². The van der Waals surface area contributed by atoms with Crippen LogP contribution < -0.4 is 9.62 Å². The van der Waals surface area contributed by atoms with Gasteiger partial charge in [0, 0.05) is 13.1 Å². The first-order valence-electron chi connectivity index (χ1n) is 14.1. The number of carbonyl (C=O) groups is 2. The number of nitrogens with one attached hydrogen (secondary N) is 1. The fraction of sp³-hybridized carbons (Fsp3) is 0.394.